The molecule has 70 valence electrons. The summed E-state index contributed by atoms with van der Waals surface area (Å²) < 4.78 is 5.51. The molecule has 12 heavy (non-hydrogen) atoms. The van der Waals surface area contributed by atoms with Crippen LogP contribution in [0.1, 0.15) is 33.6 Å². The third kappa shape index (κ3) is 1.09. The molecule has 1 N–H and O–H groups in total. The Kier molecular flexibility index (Phi) is 1.74. The zero-order valence-corrected chi connectivity index (χ0v) is 8.08. The maximum Gasteiger partial charge on any atom is 0.113 e. The highest BCUT2D eigenvalue weighted by molar-refractivity contribution is 5.08. The molecule has 2 heteroatoms. The summed E-state index contributed by atoms with van der Waals surface area (Å²) in [4.78, 5) is 0. The highest BCUT2D eigenvalue weighted by atomic mass is 16.6. The van der Waals surface area contributed by atoms with Crippen LogP contribution in [-0.2, 0) is 4.74 Å². The van der Waals surface area contributed by atoms with Crippen molar-refractivity contribution in [3.8, 4) is 0 Å². The summed E-state index contributed by atoms with van der Waals surface area (Å²) in [5.41, 5.74) is 0.0325. The van der Waals surface area contributed by atoms with Gasteiger partial charge in [0.15, 0.2) is 0 Å². The lowest BCUT2D eigenvalue weighted by Gasteiger charge is -2.30. The van der Waals surface area contributed by atoms with Gasteiger partial charge in [-0.3, -0.25) is 0 Å². The molecular weight excluding hydrogens is 152 g/mol. The number of epoxide rings is 1. The highest BCUT2D eigenvalue weighted by Crippen LogP contribution is 2.50. The minimum absolute atomic E-state index is 0.0325. The standard InChI is InChI=1S/C10H18O2/c1-6(2)7-4-5-10(3)9(12-10)8(7)11/h6-9,11H,4-5H2,1-3H3/t7-,8-,9-,10+/m1/s1. The molecular formula is C10H18O2. The molecule has 0 radical (unpaired) electrons. The van der Waals surface area contributed by atoms with Crippen LogP contribution in [0.15, 0.2) is 0 Å². The Morgan fingerprint density at radius 2 is 2.17 bits per heavy atom. The van der Waals surface area contributed by atoms with Gasteiger partial charge in [-0.2, -0.15) is 0 Å². The molecule has 1 aliphatic heterocycles. The molecule has 1 aliphatic carbocycles. The fourth-order valence-corrected chi connectivity index (χ4v) is 2.46. The molecule has 0 aromatic carbocycles. The monoisotopic (exact) mass is 170 g/mol. The Hall–Kier alpha value is -0.0800. The van der Waals surface area contributed by atoms with E-state index in [4.69, 9.17) is 4.74 Å². The van der Waals surface area contributed by atoms with Gasteiger partial charge in [-0.1, -0.05) is 13.8 Å². The van der Waals surface area contributed by atoms with E-state index in [1.165, 1.54) is 0 Å². The first-order valence-corrected chi connectivity index (χ1v) is 4.90. The molecule has 1 heterocycles. The first kappa shape index (κ1) is 8.52. The molecule has 1 saturated carbocycles. The lowest BCUT2D eigenvalue weighted by atomic mass is 9.75. The first-order valence-electron chi connectivity index (χ1n) is 4.90. The maximum absolute atomic E-state index is 9.89. The number of hydrogen-bond acceptors (Lipinski definition) is 2. The number of hydrogen-bond donors (Lipinski definition) is 1. The van der Waals surface area contributed by atoms with E-state index in [9.17, 15) is 5.11 Å². The Morgan fingerprint density at radius 3 is 2.75 bits per heavy atom. The highest BCUT2D eigenvalue weighted by Gasteiger charge is 2.60. The van der Waals surface area contributed by atoms with Gasteiger partial charge >= 0.3 is 0 Å². The van der Waals surface area contributed by atoms with Gasteiger partial charge in [-0.25, -0.2) is 0 Å². The van der Waals surface area contributed by atoms with E-state index in [1.54, 1.807) is 0 Å². The third-order valence-corrected chi connectivity index (χ3v) is 3.52. The molecule has 4 atom stereocenters. The second-order valence-electron chi connectivity index (χ2n) is 4.79. The van der Waals surface area contributed by atoms with Crippen molar-refractivity contribution in [2.45, 2.75) is 51.4 Å². The number of fused-ring (bicyclic) bond motifs is 1. The summed E-state index contributed by atoms with van der Waals surface area (Å²) in [7, 11) is 0. The predicted octanol–water partition coefficient (Wildman–Crippen LogP) is 1.57. The SMILES string of the molecule is CC(C)[C@H]1CC[C@]2(C)O[C@@H]2[C@@H]1O. The van der Waals surface area contributed by atoms with Crippen LogP contribution in [0.3, 0.4) is 0 Å². The molecule has 0 aromatic heterocycles. The van der Waals surface area contributed by atoms with Gasteiger partial charge in [-0.05, 0) is 31.6 Å². The molecule has 0 amide bonds. The molecule has 2 fully saturated rings. The summed E-state index contributed by atoms with van der Waals surface area (Å²) in [6.07, 6.45) is 2.16. The second kappa shape index (κ2) is 2.46. The fourth-order valence-electron chi connectivity index (χ4n) is 2.46. The van der Waals surface area contributed by atoms with E-state index in [0.29, 0.717) is 11.8 Å². The molecule has 2 nitrogen and oxygen atoms in total. The van der Waals surface area contributed by atoms with Crippen LogP contribution in [0, 0.1) is 11.8 Å². The summed E-state index contributed by atoms with van der Waals surface area (Å²) in [6, 6.07) is 0. The minimum Gasteiger partial charge on any atom is -0.390 e. The van der Waals surface area contributed by atoms with Crippen LogP contribution in [0.25, 0.3) is 0 Å². The lowest BCUT2D eigenvalue weighted by Crippen LogP contribution is -2.38. The average Bonchev–Trinajstić information content (AvgIpc) is 2.62. The predicted molar refractivity (Wildman–Crippen MR) is 46.8 cm³/mol. The fraction of sp³-hybridized carbons (Fsp3) is 1.00. The van der Waals surface area contributed by atoms with E-state index in [-0.39, 0.29) is 17.8 Å². The van der Waals surface area contributed by atoms with Crippen molar-refractivity contribution in [2.75, 3.05) is 0 Å². The Labute approximate surface area is 73.9 Å². The average molecular weight is 170 g/mol. The van der Waals surface area contributed by atoms with E-state index in [1.807, 2.05) is 0 Å². The molecule has 0 spiro atoms. The molecule has 0 aromatic rings. The van der Waals surface area contributed by atoms with Crippen molar-refractivity contribution >= 4 is 0 Å². The van der Waals surface area contributed by atoms with Crippen molar-refractivity contribution in [2.24, 2.45) is 11.8 Å². The van der Waals surface area contributed by atoms with Crippen molar-refractivity contribution in [3.63, 3.8) is 0 Å². The molecule has 2 rings (SSSR count). The molecule has 0 unspecified atom stereocenters. The van der Waals surface area contributed by atoms with Crippen LogP contribution >= 0.6 is 0 Å². The van der Waals surface area contributed by atoms with Crippen LogP contribution in [0.5, 0.6) is 0 Å². The van der Waals surface area contributed by atoms with Crippen molar-refractivity contribution in [3.05, 3.63) is 0 Å². The van der Waals surface area contributed by atoms with Gasteiger partial charge in [0, 0.05) is 0 Å². The Morgan fingerprint density at radius 1 is 1.50 bits per heavy atom. The van der Waals surface area contributed by atoms with Crippen LogP contribution < -0.4 is 0 Å². The Bertz CT molecular complexity index is 190. The summed E-state index contributed by atoms with van der Waals surface area (Å²) >= 11 is 0. The van der Waals surface area contributed by atoms with Crippen molar-refractivity contribution in [1.82, 2.24) is 0 Å². The lowest BCUT2D eigenvalue weighted by molar-refractivity contribution is 0.0442. The zero-order chi connectivity index (χ0) is 8.93. The quantitative estimate of drug-likeness (QED) is 0.606. The van der Waals surface area contributed by atoms with Gasteiger partial charge in [-0.15, -0.1) is 0 Å². The number of rotatable bonds is 1. The van der Waals surface area contributed by atoms with E-state index < -0.39 is 0 Å². The Balaban J connectivity index is 2.04. The molecule has 0 bridgehead atoms. The van der Waals surface area contributed by atoms with E-state index >= 15 is 0 Å². The summed E-state index contributed by atoms with van der Waals surface area (Å²) in [5.74, 6) is 1.03. The van der Waals surface area contributed by atoms with Crippen molar-refractivity contribution in [1.29, 1.82) is 0 Å². The van der Waals surface area contributed by atoms with Gasteiger partial charge in [0.05, 0.1) is 11.7 Å². The van der Waals surface area contributed by atoms with Gasteiger partial charge in [0.25, 0.3) is 0 Å². The van der Waals surface area contributed by atoms with Gasteiger partial charge in [0.2, 0.25) is 0 Å². The van der Waals surface area contributed by atoms with Crippen LogP contribution in [0.4, 0.5) is 0 Å². The summed E-state index contributed by atoms with van der Waals surface area (Å²) in [5, 5.41) is 9.89. The largest absolute Gasteiger partial charge is 0.390 e. The van der Waals surface area contributed by atoms with E-state index in [0.717, 1.165) is 12.8 Å². The zero-order valence-electron chi connectivity index (χ0n) is 8.08. The van der Waals surface area contributed by atoms with Gasteiger partial charge in [0.1, 0.15) is 6.10 Å². The van der Waals surface area contributed by atoms with Crippen molar-refractivity contribution < 1.29 is 9.84 Å². The van der Waals surface area contributed by atoms with Gasteiger partial charge < -0.3 is 9.84 Å². The number of aliphatic hydroxyl groups is 1. The number of aliphatic hydroxyl groups excluding tert-OH is 1. The number of ether oxygens (including phenoxy) is 1. The third-order valence-electron chi connectivity index (χ3n) is 3.52. The molecule has 1 saturated heterocycles. The van der Waals surface area contributed by atoms with Crippen LogP contribution in [0.2, 0.25) is 0 Å². The normalized spacial score (nSPS) is 52.2. The second-order valence-corrected chi connectivity index (χ2v) is 4.79. The van der Waals surface area contributed by atoms with Crippen LogP contribution in [-0.4, -0.2) is 22.9 Å². The summed E-state index contributed by atoms with van der Waals surface area (Å²) in [6.45, 7) is 6.47. The topological polar surface area (TPSA) is 32.8 Å². The van der Waals surface area contributed by atoms with E-state index in [2.05, 4.69) is 20.8 Å². The maximum atomic E-state index is 9.89. The molecule has 2 aliphatic rings. The minimum atomic E-state index is -0.219. The smallest absolute Gasteiger partial charge is 0.113 e. The first-order chi connectivity index (χ1) is 5.54.